The van der Waals surface area contributed by atoms with Gasteiger partial charge in [-0.2, -0.15) is 0 Å². The number of thiophene rings is 1. The molecule has 52 valence electrons. The van der Waals surface area contributed by atoms with Crippen molar-refractivity contribution in [3.63, 3.8) is 0 Å². The molecule has 1 aromatic rings. The second-order valence-corrected chi connectivity index (χ2v) is 2.62. The van der Waals surface area contributed by atoms with E-state index in [0.717, 1.165) is 4.88 Å². The Kier molecular flexibility index (Phi) is 2.70. The summed E-state index contributed by atoms with van der Waals surface area (Å²) in [4.78, 5) is 1.15. The van der Waals surface area contributed by atoms with Crippen LogP contribution in [0.25, 0.3) is 6.08 Å². The highest BCUT2D eigenvalue weighted by molar-refractivity contribution is 7.10. The van der Waals surface area contributed by atoms with Crippen LogP contribution in [0, 0.1) is 0 Å². The number of hydrogen-bond acceptors (Lipinski definition) is 3. The highest BCUT2D eigenvalue weighted by atomic mass is 32.1. The third-order valence-corrected chi connectivity index (χ3v) is 1.79. The summed E-state index contributed by atoms with van der Waals surface area (Å²) in [5.74, 6) is 0. The maximum Gasteiger partial charge on any atom is 0.0661 e. The van der Waals surface area contributed by atoms with Crippen LogP contribution in [-0.2, 0) is 0 Å². The molecule has 2 nitrogen and oxygen atoms in total. The molecule has 10 heavy (non-hydrogen) atoms. The fourth-order valence-corrected chi connectivity index (χ4v) is 1.19. The van der Waals surface area contributed by atoms with E-state index in [1.54, 1.807) is 17.4 Å². The Labute approximate surface area is 63.1 Å². The minimum absolute atomic E-state index is 1.15. The lowest BCUT2D eigenvalue weighted by Crippen LogP contribution is -1.61. The van der Waals surface area contributed by atoms with Crippen LogP contribution < -0.4 is 0 Å². The van der Waals surface area contributed by atoms with Gasteiger partial charge in [-0.3, -0.25) is 0 Å². The molecule has 3 heteroatoms. The van der Waals surface area contributed by atoms with Gasteiger partial charge in [0.25, 0.3) is 0 Å². The van der Waals surface area contributed by atoms with E-state index in [-0.39, 0.29) is 0 Å². The first-order chi connectivity index (χ1) is 4.93. The van der Waals surface area contributed by atoms with Gasteiger partial charge in [-0.25, -0.2) is 0 Å². The molecule has 0 saturated carbocycles. The molecular formula is C7H7NOS. The second-order valence-electron chi connectivity index (χ2n) is 1.64. The average Bonchev–Trinajstić information content (AvgIpc) is 2.41. The third kappa shape index (κ3) is 2.03. The molecule has 1 aromatic heterocycles. The smallest absolute Gasteiger partial charge is 0.0661 e. The Bertz CT molecular complexity index is 226. The van der Waals surface area contributed by atoms with Crippen molar-refractivity contribution in [2.45, 2.75) is 0 Å². The van der Waals surface area contributed by atoms with E-state index < -0.39 is 0 Å². The van der Waals surface area contributed by atoms with Gasteiger partial charge in [0, 0.05) is 4.88 Å². The van der Waals surface area contributed by atoms with E-state index in [1.165, 1.54) is 6.21 Å². The van der Waals surface area contributed by atoms with Crippen molar-refractivity contribution in [1.82, 2.24) is 0 Å². The summed E-state index contributed by atoms with van der Waals surface area (Å²) in [6.45, 7) is 0. The standard InChI is InChI=1S/C7H7NOS/c9-8-5-1-3-7-4-2-6-10-7/h1-6,9H/b3-1+,8-5+. The predicted octanol–water partition coefficient (Wildman–Crippen LogP) is 2.22. The quantitative estimate of drug-likeness (QED) is 0.394. The molecule has 0 spiro atoms. The molecule has 1 rings (SSSR count). The largest absolute Gasteiger partial charge is 0.411 e. The highest BCUT2D eigenvalue weighted by Crippen LogP contribution is 2.09. The Morgan fingerprint density at radius 2 is 2.50 bits per heavy atom. The summed E-state index contributed by atoms with van der Waals surface area (Å²) in [6.07, 6.45) is 4.90. The third-order valence-electron chi connectivity index (χ3n) is 0.956. The molecule has 0 fully saturated rings. The molecule has 0 atom stereocenters. The lowest BCUT2D eigenvalue weighted by atomic mass is 10.4. The minimum atomic E-state index is 1.15. The van der Waals surface area contributed by atoms with Gasteiger partial charge in [0.2, 0.25) is 0 Å². The molecule has 0 radical (unpaired) electrons. The van der Waals surface area contributed by atoms with Gasteiger partial charge in [0.05, 0.1) is 6.21 Å². The first-order valence-corrected chi connectivity index (χ1v) is 3.69. The summed E-state index contributed by atoms with van der Waals surface area (Å²) in [7, 11) is 0. The zero-order valence-electron chi connectivity index (χ0n) is 5.27. The van der Waals surface area contributed by atoms with Crippen LogP contribution in [0.1, 0.15) is 4.88 Å². The van der Waals surface area contributed by atoms with Gasteiger partial charge in [0.1, 0.15) is 0 Å². The summed E-state index contributed by atoms with van der Waals surface area (Å²) >= 11 is 1.64. The monoisotopic (exact) mass is 153 g/mol. The van der Waals surface area contributed by atoms with E-state index in [9.17, 15) is 0 Å². The molecule has 0 aromatic carbocycles. The van der Waals surface area contributed by atoms with Crippen molar-refractivity contribution in [2.75, 3.05) is 0 Å². The Morgan fingerprint density at radius 3 is 3.10 bits per heavy atom. The van der Waals surface area contributed by atoms with Gasteiger partial charge in [0.15, 0.2) is 0 Å². The number of rotatable bonds is 2. The van der Waals surface area contributed by atoms with E-state index in [4.69, 9.17) is 5.21 Å². The average molecular weight is 153 g/mol. The summed E-state index contributed by atoms with van der Waals surface area (Å²) in [5.41, 5.74) is 0. The molecule has 1 N–H and O–H groups in total. The topological polar surface area (TPSA) is 32.6 Å². The van der Waals surface area contributed by atoms with Crippen LogP contribution in [0.4, 0.5) is 0 Å². The van der Waals surface area contributed by atoms with E-state index in [0.29, 0.717) is 0 Å². The zero-order valence-corrected chi connectivity index (χ0v) is 6.08. The lowest BCUT2D eigenvalue weighted by Gasteiger charge is -1.76. The van der Waals surface area contributed by atoms with Crippen molar-refractivity contribution < 1.29 is 5.21 Å². The Balaban J connectivity index is 2.55. The first kappa shape index (κ1) is 7.02. The second kappa shape index (κ2) is 3.85. The fraction of sp³-hybridized carbons (Fsp3) is 0. The van der Waals surface area contributed by atoms with Crippen molar-refractivity contribution >= 4 is 23.6 Å². The van der Waals surface area contributed by atoms with Crippen LogP contribution in [0.15, 0.2) is 28.7 Å². The number of oxime groups is 1. The fourth-order valence-electron chi connectivity index (χ4n) is 0.562. The Morgan fingerprint density at radius 1 is 1.60 bits per heavy atom. The normalized spacial score (nSPS) is 11.6. The van der Waals surface area contributed by atoms with Gasteiger partial charge in [-0.15, -0.1) is 11.3 Å². The summed E-state index contributed by atoms with van der Waals surface area (Å²) in [5, 5.41) is 12.8. The first-order valence-electron chi connectivity index (χ1n) is 2.81. The molecule has 0 aliphatic rings. The van der Waals surface area contributed by atoms with E-state index in [2.05, 4.69) is 5.16 Å². The number of nitrogens with zero attached hydrogens (tertiary/aromatic N) is 1. The molecule has 0 aliphatic heterocycles. The minimum Gasteiger partial charge on any atom is -0.411 e. The molecular weight excluding hydrogens is 146 g/mol. The molecule has 1 heterocycles. The zero-order chi connectivity index (χ0) is 7.23. The van der Waals surface area contributed by atoms with Crippen LogP contribution in [0.3, 0.4) is 0 Å². The maximum atomic E-state index is 8.02. The van der Waals surface area contributed by atoms with Crippen LogP contribution in [0.2, 0.25) is 0 Å². The van der Waals surface area contributed by atoms with Gasteiger partial charge in [-0.1, -0.05) is 11.2 Å². The van der Waals surface area contributed by atoms with Crippen molar-refractivity contribution in [3.05, 3.63) is 28.5 Å². The van der Waals surface area contributed by atoms with Gasteiger partial charge >= 0.3 is 0 Å². The Hall–Kier alpha value is -1.09. The van der Waals surface area contributed by atoms with Crippen LogP contribution >= 0.6 is 11.3 Å². The van der Waals surface area contributed by atoms with Gasteiger partial charge < -0.3 is 5.21 Å². The van der Waals surface area contributed by atoms with Gasteiger partial charge in [-0.05, 0) is 23.6 Å². The lowest BCUT2D eigenvalue weighted by molar-refractivity contribution is 0.322. The van der Waals surface area contributed by atoms with E-state index >= 15 is 0 Å². The predicted molar refractivity (Wildman–Crippen MR) is 43.6 cm³/mol. The SMILES string of the molecule is O/N=C/C=C/c1cccs1. The highest BCUT2D eigenvalue weighted by Gasteiger charge is 1.81. The maximum absolute atomic E-state index is 8.02. The number of allylic oxidation sites excluding steroid dienone is 1. The van der Waals surface area contributed by atoms with E-state index in [1.807, 2.05) is 23.6 Å². The molecule has 0 bridgehead atoms. The summed E-state index contributed by atoms with van der Waals surface area (Å²) < 4.78 is 0. The molecule has 0 saturated heterocycles. The van der Waals surface area contributed by atoms with Crippen LogP contribution in [0.5, 0.6) is 0 Å². The number of hydrogen-bond donors (Lipinski definition) is 1. The van der Waals surface area contributed by atoms with Crippen LogP contribution in [-0.4, -0.2) is 11.4 Å². The molecule has 0 unspecified atom stereocenters. The van der Waals surface area contributed by atoms with Crippen molar-refractivity contribution in [3.8, 4) is 0 Å². The van der Waals surface area contributed by atoms with Crippen molar-refractivity contribution in [1.29, 1.82) is 0 Å². The van der Waals surface area contributed by atoms with Crippen molar-refractivity contribution in [2.24, 2.45) is 5.16 Å². The summed E-state index contributed by atoms with van der Waals surface area (Å²) in [6, 6.07) is 3.97. The molecule has 0 amide bonds. The molecule has 0 aliphatic carbocycles.